The molecule has 0 aromatic carbocycles. The Hall–Kier alpha value is -1.67. The molecule has 1 saturated carbocycles. The molecule has 5 nitrogen and oxygen atoms in total. The van der Waals surface area contributed by atoms with E-state index in [2.05, 4.69) is 20.9 Å². The van der Waals surface area contributed by atoms with Crippen LogP contribution in [-0.4, -0.2) is 33.8 Å². The largest absolute Gasteiger partial charge is 0.393 e. The maximum atomic E-state index is 10.3. The van der Waals surface area contributed by atoms with Gasteiger partial charge in [-0.1, -0.05) is 12.8 Å². The van der Waals surface area contributed by atoms with E-state index in [1.807, 2.05) is 6.92 Å². The van der Waals surface area contributed by atoms with Crippen LogP contribution in [0.25, 0.3) is 0 Å². The molecule has 0 amide bonds. The summed E-state index contributed by atoms with van der Waals surface area (Å²) in [6.45, 7) is 2.81. The Bertz CT molecular complexity index is 554. The van der Waals surface area contributed by atoms with Crippen molar-refractivity contribution in [2.24, 2.45) is 5.92 Å². The van der Waals surface area contributed by atoms with Gasteiger partial charge in [0.2, 0.25) is 5.95 Å². The topological polar surface area (TPSA) is 73.0 Å². The van der Waals surface area contributed by atoms with Gasteiger partial charge in [0.15, 0.2) is 0 Å². The monoisotopic (exact) mass is 286 g/mol. The molecule has 2 heterocycles. The summed E-state index contributed by atoms with van der Waals surface area (Å²) in [4.78, 5) is 11.1. The smallest absolute Gasteiger partial charge is 0.227 e. The summed E-state index contributed by atoms with van der Waals surface area (Å²) in [5, 5.41) is 19.4. The first-order chi connectivity index (χ1) is 10.2. The second-order valence-electron chi connectivity index (χ2n) is 6.22. The van der Waals surface area contributed by atoms with Crippen LogP contribution in [0.5, 0.6) is 0 Å². The Balaban J connectivity index is 1.87. The second-order valence-corrected chi connectivity index (χ2v) is 6.22. The second kappa shape index (κ2) is 5.98. The number of nitriles is 1. The van der Waals surface area contributed by atoms with Gasteiger partial charge in [-0.05, 0) is 38.7 Å². The van der Waals surface area contributed by atoms with Gasteiger partial charge in [0.1, 0.15) is 11.8 Å². The van der Waals surface area contributed by atoms with Gasteiger partial charge in [0.25, 0.3) is 0 Å². The first-order valence-corrected chi connectivity index (χ1v) is 7.89. The quantitative estimate of drug-likeness (QED) is 0.902. The molecular formula is C16H22N4O. The molecule has 0 radical (unpaired) electrons. The van der Waals surface area contributed by atoms with Crippen molar-refractivity contribution >= 4 is 5.95 Å². The normalized spacial score (nSPS) is 29.4. The van der Waals surface area contributed by atoms with E-state index < -0.39 is 0 Å². The molecule has 1 aromatic heterocycles. The van der Waals surface area contributed by atoms with Gasteiger partial charge >= 0.3 is 0 Å². The lowest BCUT2D eigenvalue weighted by Crippen LogP contribution is -2.43. The summed E-state index contributed by atoms with van der Waals surface area (Å²) >= 11 is 0. The van der Waals surface area contributed by atoms with Crippen LogP contribution in [-0.2, 0) is 0 Å². The third-order valence-electron chi connectivity index (χ3n) is 4.79. The minimum absolute atomic E-state index is 0.204. The van der Waals surface area contributed by atoms with Crippen LogP contribution >= 0.6 is 0 Å². The van der Waals surface area contributed by atoms with Crippen molar-refractivity contribution in [2.75, 3.05) is 11.4 Å². The van der Waals surface area contributed by atoms with Crippen LogP contribution in [0.15, 0.2) is 6.07 Å². The Kier molecular flexibility index (Phi) is 4.07. The van der Waals surface area contributed by atoms with E-state index in [0.29, 0.717) is 23.6 Å². The highest BCUT2D eigenvalue weighted by Crippen LogP contribution is 2.36. The van der Waals surface area contributed by atoms with Crippen LogP contribution in [0.1, 0.15) is 49.9 Å². The predicted molar refractivity (Wildman–Crippen MR) is 79.8 cm³/mol. The Morgan fingerprint density at radius 3 is 2.81 bits per heavy atom. The lowest BCUT2D eigenvalue weighted by Gasteiger charge is -2.37. The van der Waals surface area contributed by atoms with Crippen LogP contribution in [0.3, 0.4) is 0 Å². The molecule has 2 fully saturated rings. The van der Waals surface area contributed by atoms with Crippen molar-refractivity contribution < 1.29 is 5.11 Å². The third kappa shape index (κ3) is 2.86. The molecular weight excluding hydrogens is 264 g/mol. The molecule has 112 valence electrons. The molecule has 1 aliphatic heterocycles. The number of nitrogens with zero attached hydrogens (tertiary/aromatic N) is 4. The highest BCUT2D eigenvalue weighted by molar-refractivity contribution is 5.38. The van der Waals surface area contributed by atoms with Gasteiger partial charge in [-0.2, -0.15) is 5.26 Å². The summed E-state index contributed by atoms with van der Waals surface area (Å²) in [6, 6.07) is 4.13. The maximum absolute atomic E-state index is 10.3. The Labute approximate surface area is 125 Å². The van der Waals surface area contributed by atoms with Crippen molar-refractivity contribution in [1.29, 1.82) is 5.26 Å². The zero-order valence-electron chi connectivity index (χ0n) is 12.5. The average Bonchev–Trinajstić information content (AvgIpc) is 2.96. The van der Waals surface area contributed by atoms with Gasteiger partial charge in [-0.25, -0.2) is 9.97 Å². The fourth-order valence-electron chi connectivity index (χ4n) is 3.81. The van der Waals surface area contributed by atoms with E-state index in [0.717, 1.165) is 44.3 Å². The van der Waals surface area contributed by atoms with E-state index in [4.69, 9.17) is 5.26 Å². The van der Waals surface area contributed by atoms with Crippen LogP contribution in [0.2, 0.25) is 0 Å². The van der Waals surface area contributed by atoms with Crippen molar-refractivity contribution in [3.05, 3.63) is 17.5 Å². The molecule has 1 aromatic rings. The van der Waals surface area contributed by atoms with Crippen molar-refractivity contribution in [3.63, 3.8) is 0 Å². The van der Waals surface area contributed by atoms with E-state index >= 15 is 0 Å². The SMILES string of the molecule is Cc1cc(C#N)nc(N2CCC[C@@H]2[C@@H]2CCCC[C@H]2O)n1. The standard InChI is InChI=1S/C16H22N4O/c1-11-9-12(10-17)19-16(18-11)20-8-4-6-14(20)13-5-2-3-7-15(13)21/h9,13-15,21H,2-8H2,1H3/t13-,14+,15+/m0/s1. The average molecular weight is 286 g/mol. The lowest BCUT2D eigenvalue weighted by atomic mass is 9.80. The van der Waals surface area contributed by atoms with E-state index in [1.54, 1.807) is 6.07 Å². The fraction of sp³-hybridized carbons (Fsp3) is 0.688. The van der Waals surface area contributed by atoms with Gasteiger partial charge in [-0.3, -0.25) is 0 Å². The minimum atomic E-state index is -0.204. The number of aryl methyl sites for hydroxylation is 1. The number of aliphatic hydroxyl groups is 1. The summed E-state index contributed by atoms with van der Waals surface area (Å²) < 4.78 is 0. The van der Waals surface area contributed by atoms with Gasteiger partial charge in [0.05, 0.1) is 6.10 Å². The Morgan fingerprint density at radius 2 is 2.05 bits per heavy atom. The predicted octanol–water partition coefficient (Wildman–Crippen LogP) is 2.18. The van der Waals surface area contributed by atoms with Crippen LogP contribution < -0.4 is 4.90 Å². The van der Waals surface area contributed by atoms with Gasteiger partial charge in [0, 0.05) is 24.2 Å². The zero-order valence-corrected chi connectivity index (χ0v) is 12.5. The molecule has 0 unspecified atom stereocenters. The molecule has 3 atom stereocenters. The zero-order chi connectivity index (χ0) is 14.8. The summed E-state index contributed by atoms with van der Waals surface area (Å²) in [5.41, 5.74) is 1.25. The third-order valence-corrected chi connectivity index (χ3v) is 4.79. The summed E-state index contributed by atoms with van der Waals surface area (Å²) in [6.07, 6.45) is 6.30. The number of rotatable bonds is 2. The van der Waals surface area contributed by atoms with E-state index in [1.165, 1.54) is 6.42 Å². The number of aliphatic hydroxyl groups excluding tert-OH is 1. The Morgan fingerprint density at radius 1 is 1.24 bits per heavy atom. The van der Waals surface area contributed by atoms with Crippen molar-refractivity contribution in [2.45, 2.75) is 57.6 Å². The number of aromatic nitrogens is 2. The molecule has 2 aliphatic rings. The molecule has 1 aliphatic carbocycles. The first-order valence-electron chi connectivity index (χ1n) is 7.89. The lowest BCUT2D eigenvalue weighted by molar-refractivity contribution is 0.0564. The molecule has 3 rings (SSSR count). The number of hydrogen-bond acceptors (Lipinski definition) is 5. The van der Waals surface area contributed by atoms with Crippen molar-refractivity contribution in [1.82, 2.24) is 9.97 Å². The highest BCUT2D eigenvalue weighted by Gasteiger charge is 2.38. The van der Waals surface area contributed by atoms with E-state index in [9.17, 15) is 5.11 Å². The minimum Gasteiger partial charge on any atom is -0.393 e. The highest BCUT2D eigenvalue weighted by atomic mass is 16.3. The van der Waals surface area contributed by atoms with Crippen LogP contribution in [0, 0.1) is 24.2 Å². The van der Waals surface area contributed by atoms with Gasteiger partial charge in [-0.15, -0.1) is 0 Å². The first kappa shape index (κ1) is 14.3. The van der Waals surface area contributed by atoms with Crippen LogP contribution in [0.4, 0.5) is 5.95 Å². The molecule has 5 heteroatoms. The molecule has 0 bridgehead atoms. The van der Waals surface area contributed by atoms with Crippen molar-refractivity contribution in [3.8, 4) is 6.07 Å². The number of anilines is 1. The molecule has 0 spiro atoms. The summed E-state index contributed by atoms with van der Waals surface area (Å²) in [5.74, 6) is 0.975. The maximum Gasteiger partial charge on any atom is 0.227 e. The molecule has 1 saturated heterocycles. The summed E-state index contributed by atoms with van der Waals surface area (Å²) in [7, 11) is 0. The molecule has 21 heavy (non-hydrogen) atoms. The molecule has 1 N–H and O–H groups in total. The fourth-order valence-corrected chi connectivity index (χ4v) is 3.81. The van der Waals surface area contributed by atoms with E-state index in [-0.39, 0.29) is 6.10 Å². The number of hydrogen-bond donors (Lipinski definition) is 1. The van der Waals surface area contributed by atoms with Gasteiger partial charge < -0.3 is 10.0 Å².